The zero-order chi connectivity index (χ0) is 13.8. The lowest BCUT2D eigenvalue weighted by Gasteiger charge is -2.10. The van der Waals surface area contributed by atoms with E-state index in [1.54, 1.807) is 13.2 Å². The highest BCUT2D eigenvalue weighted by Crippen LogP contribution is 2.23. The summed E-state index contributed by atoms with van der Waals surface area (Å²) in [5, 5.41) is 0. The molecular weight excluding hydrogens is 258 g/mol. The molecule has 0 bridgehead atoms. The van der Waals surface area contributed by atoms with Crippen LogP contribution in [0.4, 0.5) is 5.69 Å². The van der Waals surface area contributed by atoms with E-state index in [9.17, 15) is 4.21 Å². The molecule has 2 rings (SSSR count). The van der Waals surface area contributed by atoms with Crippen LogP contribution in [0.15, 0.2) is 47.4 Å². The van der Waals surface area contributed by atoms with Gasteiger partial charge in [0.1, 0.15) is 5.75 Å². The zero-order valence-corrected chi connectivity index (χ0v) is 11.9. The first-order chi connectivity index (χ1) is 9.11. The number of rotatable bonds is 4. The van der Waals surface area contributed by atoms with E-state index in [2.05, 4.69) is 0 Å². The number of aryl methyl sites for hydroxylation is 1. The molecule has 0 aliphatic carbocycles. The Hall–Kier alpha value is -1.81. The maximum Gasteiger partial charge on any atom is 0.122 e. The maximum atomic E-state index is 12.4. The maximum absolute atomic E-state index is 12.4. The zero-order valence-electron chi connectivity index (χ0n) is 11.1. The summed E-state index contributed by atoms with van der Waals surface area (Å²) in [5.41, 5.74) is 8.29. The molecule has 0 aliphatic heterocycles. The van der Waals surface area contributed by atoms with E-state index >= 15 is 0 Å². The normalized spacial score (nSPS) is 12.1. The summed E-state index contributed by atoms with van der Waals surface area (Å²) in [6.07, 6.45) is 0. The minimum atomic E-state index is -1.10. The van der Waals surface area contributed by atoms with Gasteiger partial charge in [0.05, 0.1) is 23.7 Å². The Balaban J connectivity index is 2.26. The Bertz CT molecular complexity index is 611. The molecule has 2 N–H and O–H groups in total. The van der Waals surface area contributed by atoms with Gasteiger partial charge >= 0.3 is 0 Å². The molecule has 0 radical (unpaired) electrons. The van der Waals surface area contributed by atoms with Crippen LogP contribution in [0.3, 0.4) is 0 Å². The molecule has 0 heterocycles. The van der Waals surface area contributed by atoms with Gasteiger partial charge < -0.3 is 10.5 Å². The molecule has 1 unspecified atom stereocenters. The van der Waals surface area contributed by atoms with Crippen LogP contribution in [-0.2, 0) is 16.6 Å². The highest BCUT2D eigenvalue weighted by Gasteiger charge is 2.11. The lowest BCUT2D eigenvalue weighted by atomic mass is 10.2. The van der Waals surface area contributed by atoms with Gasteiger partial charge in [-0.25, -0.2) is 0 Å². The molecule has 0 fully saturated rings. The largest absolute Gasteiger partial charge is 0.496 e. The van der Waals surface area contributed by atoms with Crippen molar-refractivity contribution in [1.82, 2.24) is 0 Å². The molecule has 1 atom stereocenters. The van der Waals surface area contributed by atoms with Crippen molar-refractivity contribution < 1.29 is 8.95 Å². The van der Waals surface area contributed by atoms with Crippen LogP contribution in [-0.4, -0.2) is 11.3 Å². The van der Waals surface area contributed by atoms with Crippen LogP contribution in [0, 0.1) is 6.92 Å². The number of nitrogens with two attached hydrogens (primary N) is 1. The van der Waals surface area contributed by atoms with Gasteiger partial charge in [-0.05, 0) is 36.8 Å². The average molecular weight is 275 g/mol. The van der Waals surface area contributed by atoms with Gasteiger partial charge in [-0.2, -0.15) is 0 Å². The number of methoxy groups -OCH3 is 1. The lowest BCUT2D eigenvalue weighted by Crippen LogP contribution is -2.01. The van der Waals surface area contributed by atoms with Gasteiger partial charge in [0.25, 0.3) is 0 Å². The van der Waals surface area contributed by atoms with Gasteiger partial charge in [0, 0.05) is 16.1 Å². The van der Waals surface area contributed by atoms with Crippen LogP contribution >= 0.6 is 0 Å². The monoisotopic (exact) mass is 275 g/mol. The van der Waals surface area contributed by atoms with E-state index in [1.807, 2.05) is 43.3 Å². The Morgan fingerprint density at radius 2 is 1.95 bits per heavy atom. The Morgan fingerprint density at radius 3 is 2.63 bits per heavy atom. The minimum absolute atomic E-state index is 0.439. The Morgan fingerprint density at radius 1 is 1.21 bits per heavy atom. The van der Waals surface area contributed by atoms with Crippen molar-refractivity contribution in [2.24, 2.45) is 0 Å². The summed E-state index contributed by atoms with van der Waals surface area (Å²) in [4.78, 5) is 0.820. The summed E-state index contributed by atoms with van der Waals surface area (Å²) >= 11 is 0. The van der Waals surface area contributed by atoms with Crippen molar-refractivity contribution in [1.29, 1.82) is 0 Å². The molecular formula is C15H17NO2S. The molecule has 0 aliphatic rings. The predicted molar refractivity (Wildman–Crippen MR) is 78.7 cm³/mol. The standard InChI is InChI=1S/C15H17NO2S/c1-11-9-13(16)7-8-15(11)19(17)10-12-5-3-4-6-14(12)18-2/h3-9H,10,16H2,1-2H3. The van der Waals surface area contributed by atoms with E-state index in [1.165, 1.54) is 0 Å². The van der Waals surface area contributed by atoms with Crippen LogP contribution in [0.2, 0.25) is 0 Å². The second-order valence-electron chi connectivity index (χ2n) is 4.33. The molecule has 0 spiro atoms. The van der Waals surface area contributed by atoms with Crippen molar-refractivity contribution in [2.45, 2.75) is 17.6 Å². The number of hydrogen-bond acceptors (Lipinski definition) is 3. The number of benzene rings is 2. The molecule has 0 aromatic heterocycles. The van der Waals surface area contributed by atoms with Gasteiger partial charge in [0.2, 0.25) is 0 Å². The fourth-order valence-electron chi connectivity index (χ4n) is 1.97. The first kappa shape index (κ1) is 13.6. The van der Waals surface area contributed by atoms with Crippen molar-refractivity contribution in [3.05, 3.63) is 53.6 Å². The molecule has 0 saturated heterocycles. The minimum Gasteiger partial charge on any atom is -0.496 e. The third kappa shape index (κ3) is 3.15. The van der Waals surface area contributed by atoms with E-state index in [-0.39, 0.29) is 0 Å². The number of para-hydroxylation sites is 1. The molecule has 2 aromatic rings. The fourth-order valence-corrected chi connectivity index (χ4v) is 3.28. The third-order valence-electron chi connectivity index (χ3n) is 2.92. The van der Waals surface area contributed by atoms with E-state index in [0.29, 0.717) is 11.4 Å². The SMILES string of the molecule is COc1ccccc1CS(=O)c1ccc(N)cc1C. The third-order valence-corrected chi connectivity index (χ3v) is 4.45. The first-order valence-electron chi connectivity index (χ1n) is 5.98. The van der Waals surface area contributed by atoms with Crippen molar-refractivity contribution in [3.63, 3.8) is 0 Å². The quantitative estimate of drug-likeness (QED) is 0.873. The van der Waals surface area contributed by atoms with Crippen molar-refractivity contribution >= 4 is 16.5 Å². The number of hydrogen-bond donors (Lipinski definition) is 1. The summed E-state index contributed by atoms with van der Waals surface area (Å²) in [5.74, 6) is 1.21. The average Bonchev–Trinajstić information content (AvgIpc) is 2.39. The van der Waals surface area contributed by atoms with Crippen LogP contribution in [0.5, 0.6) is 5.75 Å². The second-order valence-corrected chi connectivity index (χ2v) is 5.75. The second kappa shape index (κ2) is 5.89. The molecule has 19 heavy (non-hydrogen) atoms. The van der Waals surface area contributed by atoms with Gasteiger partial charge in [-0.15, -0.1) is 0 Å². The Kier molecular flexibility index (Phi) is 4.22. The Labute approximate surface area is 115 Å². The van der Waals surface area contributed by atoms with E-state index in [4.69, 9.17) is 10.5 Å². The molecule has 2 aromatic carbocycles. The highest BCUT2D eigenvalue weighted by atomic mass is 32.2. The summed E-state index contributed by atoms with van der Waals surface area (Å²) in [7, 11) is 0.520. The van der Waals surface area contributed by atoms with Gasteiger partial charge in [-0.1, -0.05) is 18.2 Å². The van der Waals surface area contributed by atoms with E-state index < -0.39 is 10.8 Å². The van der Waals surface area contributed by atoms with Crippen molar-refractivity contribution in [2.75, 3.05) is 12.8 Å². The first-order valence-corrected chi connectivity index (χ1v) is 7.30. The number of ether oxygens (including phenoxy) is 1. The molecule has 0 amide bonds. The van der Waals surface area contributed by atoms with Crippen LogP contribution < -0.4 is 10.5 Å². The van der Waals surface area contributed by atoms with E-state index in [0.717, 1.165) is 21.8 Å². The summed E-state index contributed by atoms with van der Waals surface area (Å²) in [6.45, 7) is 1.92. The number of nitrogen functional groups attached to an aromatic ring is 1. The molecule has 3 nitrogen and oxygen atoms in total. The van der Waals surface area contributed by atoms with Gasteiger partial charge in [0.15, 0.2) is 0 Å². The molecule has 100 valence electrons. The molecule has 4 heteroatoms. The lowest BCUT2D eigenvalue weighted by molar-refractivity contribution is 0.411. The highest BCUT2D eigenvalue weighted by molar-refractivity contribution is 7.84. The molecule has 0 saturated carbocycles. The van der Waals surface area contributed by atoms with Gasteiger partial charge in [-0.3, -0.25) is 4.21 Å². The van der Waals surface area contributed by atoms with Crippen LogP contribution in [0.1, 0.15) is 11.1 Å². The topological polar surface area (TPSA) is 52.3 Å². The number of anilines is 1. The van der Waals surface area contributed by atoms with Crippen LogP contribution in [0.25, 0.3) is 0 Å². The smallest absolute Gasteiger partial charge is 0.122 e. The summed E-state index contributed by atoms with van der Waals surface area (Å²) in [6, 6.07) is 13.1. The summed E-state index contributed by atoms with van der Waals surface area (Å²) < 4.78 is 17.7. The fraction of sp³-hybridized carbons (Fsp3) is 0.200. The van der Waals surface area contributed by atoms with Crippen molar-refractivity contribution in [3.8, 4) is 5.75 Å². The predicted octanol–water partition coefficient (Wildman–Crippen LogP) is 2.89.